The number of carbonyl (C=O) groups is 1. The van der Waals surface area contributed by atoms with Crippen molar-refractivity contribution in [2.24, 2.45) is 5.92 Å². The SMILES string of the molecule is CCNCC(C)C(=O)Nc1cc([N+](=O)[O-])ccc1Cl. The summed E-state index contributed by atoms with van der Waals surface area (Å²) < 4.78 is 0. The Morgan fingerprint density at radius 3 is 2.79 bits per heavy atom. The highest BCUT2D eigenvalue weighted by molar-refractivity contribution is 6.33. The van der Waals surface area contributed by atoms with E-state index in [4.69, 9.17) is 11.6 Å². The summed E-state index contributed by atoms with van der Waals surface area (Å²) in [5.41, 5.74) is 0.142. The lowest BCUT2D eigenvalue weighted by atomic mass is 10.1. The zero-order valence-corrected chi connectivity index (χ0v) is 11.5. The van der Waals surface area contributed by atoms with Gasteiger partial charge in [0.15, 0.2) is 0 Å². The van der Waals surface area contributed by atoms with E-state index in [-0.39, 0.29) is 28.2 Å². The number of nitro benzene ring substituents is 1. The first kappa shape index (κ1) is 15.4. The third-order valence-corrected chi connectivity index (χ3v) is 2.90. The molecule has 0 bridgehead atoms. The number of hydrogen-bond acceptors (Lipinski definition) is 4. The van der Waals surface area contributed by atoms with Gasteiger partial charge in [-0.3, -0.25) is 14.9 Å². The van der Waals surface area contributed by atoms with Crippen LogP contribution >= 0.6 is 11.6 Å². The molecular weight excluding hydrogens is 270 g/mol. The highest BCUT2D eigenvalue weighted by atomic mass is 35.5. The predicted molar refractivity (Wildman–Crippen MR) is 74.4 cm³/mol. The van der Waals surface area contributed by atoms with Crippen molar-refractivity contribution in [3.05, 3.63) is 33.3 Å². The van der Waals surface area contributed by atoms with E-state index in [1.165, 1.54) is 18.2 Å². The molecule has 1 atom stereocenters. The van der Waals surface area contributed by atoms with Gasteiger partial charge in [0.2, 0.25) is 5.91 Å². The van der Waals surface area contributed by atoms with E-state index in [1.807, 2.05) is 6.92 Å². The minimum atomic E-state index is -0.534. The van der Waals surface area contributed by atoms with Crippen molar-refractivity contribution in [3.8, 4) is 0 Å². The number of nitrogens with one attached hydrogen (secondary N) is 2. The highest BCUT2D eigenvalue weighted by Crippen LogP contribution is 2.26. The number of benzene rings is 1. The molecule has 1 rings (SSSR count). The van der Waals surface area contributed by atoms with Crippen LogP contribution in [-0.4, -0.2) is 23.9 Å². The van der Waals surface area contributed by atoms with Gasteiger partial charge in [-0.25, -0.2) is 0 Å². The number of nitrogens with zero attached hydrogens (tertiary/aromatic N) is 1. The van der Waals surface area contributed by atoms with Gasteiger partial charge in [-0.1, -0.05) is 25.4 Å². The second kappa shape index (κ2) is 7.06. The first-order valence-electron chi connectivity index (χ1n) is 5.91. The van der Waals surface area contributed by atoms with Gasteiger partial charge in [-0.15, -0.1) is 0 Å². The number of hydrogen-bond donors (Lipinski definition) is 2. The Balaban J connectivity index is 2.78. The van der Waals surface area contributed by atoms with Crippen molar-refractivity contribution in [3.63, 3.8) is 0 Å². The molecule has 0 radical (unpaired) electrons. The molecule has 0 spiro atoms. The molecule has 1 amide bonds. The normalized spacial score (nSPS) is 11.9. The lowest BCUT2D eigenvalue weighted by Crippen LogP contribution is -2.30. The van der Waals surface area contributed by atoms with Gasteiger partial charge in [0.25, 0.3) is 5.69 Å². The predicted octanol–water partition coefficient (Wildman–Crippen LogP) is 2.43. The molecular formula is C12H16ClN3O3. The molecule has 0 fully saturated rings. The smallest absolute Gasteiger partial charge is 0.271 e. The van der Waals surface area contributed by atoms with E-state index in [2.05, 4.69) is 10.6 Å². The zero-order chi connectivity index (χ0) is 14.4. The second-order valence-corrected chi connectivity index (χ2v) is 4.53. The molecule has 6 nitrogen and oxygen atoms in total. The van der Waals surface area contributed by atoms with Gasteiger partial charge in [-0.2, -0.15) is 0 Å². The number of non-ortho nitro benzene ring substituents is 1. The summed E-state index contributed by atoms with van der Waals surface area (Å²) in [6, 6.07) is 3.94. The third kappa shape index (κ3) is 4.50. The summed E-state index contributed by atoms with van der Waals surface area (Å²) in [4.78, 5) is 22.0. The molecule has 0 saturated heterocycles. The maximum atomic E-state index is 11.9. The lowest BCUT2D eigenvalue weighted by molar-refractivity contribution is -0.384. The second-order valence-electron chi connectivity index (χ2n) is 4.12. The number of anilines is 1. The van der Waals surface area contributed by atoms with Gasteiger partial charge in [0, 0.05) is 24.6 Å². The molecule has 1 aromatic carbocycles. The molecule has 1 unspecified atom stereocenters. The van der Waals surface area contributed by atoms with Gasteiger partial charge >= 0.3 is 0 Å². The van der Waals surface area contributed by atoms with E-state index >= 15 is 0 Å². The van der Waals surface area contributed by atoms with Gasteiger partial charge < -0.3 is 10.6 Å². The van der Waals surface area contributed by atoms with Gasteiger partial charge in [0.05, 0.1) is 15.6 Å². The van der Waals surface area contributed by atoms with Crippen molar-refractivity contribution in [1.82, 2.24) is 5.32 Å². The van der Waals surface area contributed by atoms with Crippen LogP contribution in [0.15, 0.2) is 18.2 Å². The van der Waals surface area contributed by atoms with E-state index in [1.54, 1.807) is 6.92 Å². The largest absolute Gasteiger partial charge is 0.324 e. The maximum absolute atomic E-state index is 11.9. The molecule has 7 heteroatoms. The van der Waals surface area contributed by atoms with Crippen LogP contribution in [0.3, 0.4) is 0 Å². The fourth-order valence-electron chi connectivity index (χ4n) is 1.43. The van der Waals surface area contributed by atoms with Crippen LogP contribution in [0.4, 0.5) is 11.4 Å². The van der Waals surface area contributed by atoms with Crippen molar-refractivity contribution in [2.75, 3.05) is 18.4 Å². The lowest BCUT2D eigenvalue weighted by Gasteiger charge is -2.13. The molecule has 0 aliphatic rings. The van der Waals surface area contributed by atoms with Crippen molar-refractivity contribution >= 4 is 28.9 Å². The minimum Gasteiger partial charge on any atom is -0.324 e. The quantitative estimate of drug-likeness (QED) is 0.621. The van der Waals surface area contributed by atoms with Gasteiger partial charge in [0.1, 0.15) is 0 Å². The Morgan fingerprint density at radius 1 is 1.53 bits per heavy atom. The molecule has 19 heavy (non-hydrogen) atoms. The van der Waals surface area contributed by atoms with E-state index in [0.29, 0.717) is 6.54 Å². The molecule has 0 aromatic heterocycles. The average Bonchev–Trinajstić information content (AvgIpc) is 2.38. The Bertz CT molecular complexity index is 479. The summed E-state index contributed by atoms with van der Waals surface area (Å²) >= 11 is 5.90. The van der Waals surface area contributed by atoms with Crippen molar-refractivity contribution in [2.45, 2.75) is 13.8 Å². The summed E-state index contributed by atoms with van der Waals surface area (Å²) in [6.45, 7) is 5.02. The maximum Gasteiger partial charge on any atom is 0.271 e. The van der Waals surface area contributed by atoms with E-state index < -0.39 is 4.92 Å². The highest BCUT2D eigenvalue weighted by Gasteiger charge is 2.16. The third-order valence-electron chi connectivity index (χ3n) is 2.57. The number of nitro groups is 1. The molecule has 0 aliphatic heterocycles. The summed E-state index contributed by atoms with van der Waals surface area (Å²) in [7, 11) is 0. The Kier molecular flexibility index (Phi) is 5.72. The number of carbonyl (C=O) groups excluding carboxylic acids is 1. The van der Waals surface area contributed by atoms with Crippen molar-refractivity contribution in [1.29, 1.82) is 0 Å². The van der Waals surface area contributed by atoms with Crippen LogP contribution in [-0.2, 0) is 4.79 Å². The van der Waals surface area contributed by atoms with Gasteiger partial charge in [-0.05, 0) is 12.6 Å². The Labute approximate surface area is 116 Å². The molecule has 0 heterocycles. The van der Waals surface area contributed by atoms with Crippen LogP contribution in [0.1, 0.15) is 13.8 Å². The first-order chi connectivity index (χ1) is 8.95. The Hall–Kier alpha value is -1.66. The number of amides is 1. The van der Waals surface area contributed by atoms with Crippen molar-refractivity contribution < 1.29 is 9.72 Å². The molecule has 2 N–H and O–H groups in total. The molecule has 0 saturated carbocycles. The summed E-state index contributed by atoms with van der Waals surface area (Å²) in [5.74, 6) is -0.487. The summed E-state index contributed by atoms with van der Waals surface area (Å²) in [6.07, 6.45) is 0. The molecule has 1 aromatic rings. The fourth-order valence-corrected chi connectivity index (χ4v) is 1.60. The number of halogens is 1. The fraction of sp³-hybridized carbons (Fsp3) is 0.417. The average molecular weight is 286 g/mol. The minimum absolute atomic E-state index is 0.112. The standard InChI is InChI=1S/C12H16ClN3O3/c1-3-14-7-8(2)12(17)15-11-6-9(16(18)19)4-5-10(11)13/h4-6,8,14H,3,7H2,1-2H3,(H,15,17). The van der Waals surface area contributed by atoms with Crippen LogP contribution in [0, 0.1) is 16.0 Å². The van der Waals surface area contributed by atoms with E-state index in [0.717, 1.165) is 6.54 Å². The van der Waals surface area contributed by atoms with Crippen LogP contribution < -0.4 is 10.6 Å². The topological polar surface area (TPSA) is 84.3 Å². The van der Waals surface area contributed by atoms with Crippen LogP contribution in [0.25, 0.3) is 0 Å². The van der Waals surface area contributed by atoms with E-state index in [9.17, 15) is 14.9 Å². The monoisotopic (exact) mass is 285 g/mol. The Morgan fingerprint density at radius 2 is 2.21 bits per heavy atom. The van der Waals surface area contributed by atoms with Crippen LogP contribution in [0.5, 0.6) is 0 Å². The number of rotatable bonds is 6. The molecule has 0 aliphatic carbocycles. The molecule has 104 valence electrons. The van der Waals surface area contributed by atoms with Crippen LogP contribution in [0.2, 0.25) is 5.02 Å². The first-order valence-corrected chi connectivity index (χ1v) is 6.29. The zero-order valence-electron chi connectivity index (χ0n) is 10.8. The summed E-state index contributed by atoms with van der Waals surface area (Å²) in [5, 5.41) is 16.6.